The van der Waals surface area contributed by atoms with E-state index >= 15 is 0 Å². The monoisotopic (exact) mass is 639 g/mol. The first kappa shape index (κ1) is 31.2. The molecule has 234 valence electrons. The van der Waals surface area contributed by atoms with Crippen LogP contribution in [0.3, 0.4) is 0 Å². The van der Waals surface area contributed by atoms with Crippen molar-refractivity contribution in [2.45, 2.75) is 31.1 Å². The third kappa shape index (κ3) is 6.59. The number of aromatic hydroxyl groups is 1. The Morgan fingerprint density at radius 1 is 0.783 bits per heavy atom. The highest BCUT2D eigenvalue weighted by atomic mass is 31.2. The second-order valence-electron chi connectivity index (χ2n) is 11.2. The number of phenols is 1. The molecule has 1 aliphatic rings. The van der Waals surface area contributed by atoms with Crippen LogP contribution in [0, 0.1) is 5.82 Å². The van der Waals surface area contributed by atoms with E-state index in [1.807, 2.05) is 54.6 Å². The minimum Gasteiger partial charge on any atom is -0.508 e. The number of hydrogen-bond acceptors (Lipinski definition) is 5. The number of phenolic OH excluding ortho intramolecular Hbond substituents is 1. The van der Waals surface area contributed by atoms with Crippen LogP contribution in [0.25, 0.3) is 22.3 Å². The molecule has 46 heavy (non-hydrogen) atoms. The maximum atomic E-state index is 13.4. The summed E-state index contributed by atoms with van der Waals surface area (Å²) in [5.74, 6) is -0.513. The van der Waals surface area contributed by atoms with Crippen LogP contribution in [0.1, 0.15) is 36.1 Å². The van der Waals surface area contributed by atoms with Gasteiger partial charge in [-0.05, 0) is 83.1 Å². The van der Waals surface area contributed by atoms with Crippen molar-refractivity contribution in [1.82, 2.24) is 0 Å². The highest BCUT2D eigenvalue weighted by molar-refractivity contribution is 7.60. The fourth-order valence-electron chi connectivity index (χ4n) is 5.79. The van der Waals surface area contributed by atoms with E-state index in [9.17, 15) is 33.7 Å². The molecule has 10 heteroatoms. The zero-order chi connectivity index (χ0) is 32.4. The summed E-state index contributed by atoms with van der Waals surface area (Å²) < 4.78 is 30.9. The average molecular weight is 640 g/mol. The Hall–Kier alpha value is -4.79. The van der Waals surface area contributed by atoms with Gasteiger partial charge >= 0.3 is 13.7 Å². The number of ether oxygens (including phenoxy) is 1. The molecule has 0 bridgehead atoms. The molecule has 0 spiro atoms. The third-order valence-corrected chi connectivity index (χ3v) is 9.17. The molecule has 0 radical (unpaired) electrons. The Kier molecular flexibility index (Phi) is 8.75. The van der Waals surface area contributed by atoms with Gasteiger partial charge in [0.25, 0.3) is 0 Å². The molecule has 1 aliphatic heterocycles. The lowest BCUT2D eigenvalue weighted by atomic mass is 9.92. The van der Waals surface area contributed by atoms with Gasteiger partial charge in [0, 0.05) is 11.3 Å². The summed E-state index contributed by atoms with van der Waals surface area (Å²) in [7, 11) is -4.40. The fourth-order valence-corrected chi connectivity index (χ4v) is 6.33. The smallest absolute Gasteiger partial charge is 0.415 e. The highest BCUT2D eigenvalue weighted by Gasteiger charge is 2.44. The van der Waals surface area contributed by atoms with Crippen LogP contribution in [-0.2, 0) is 9.30 Å². The Labute approximate surface area is 265 Å². The van der Waals surface area contributed by atoms with Gasteiger partial charge in [-0.25, -0.2) is 9.18 Å². The van der Waals surface area contributed by atoms with Crippen LogP contribution >= 0.6 is 7.60 Å². The number of cyclic esters (lactones) is 1. The molecule has 8 nitrogen and oxygen atoms in total. The van der Waals surface area contributed by atoms with Crippen molar-refractivity contribution in [3.05, 3.63) is 138 Å². The van der Waals surface area contributed by atoms with Crippen LogP contribution in [0.5, 0.6) is 5.75 Å². The van der Waals surface area contributed by atoms with Gasteiger partial charge in [0.1, 0.15) is 23.7 Å². The van der Waals surface area contributed by atoms with Crippen molar-refractivity contribution in [3.8, 4) is 28.0 Å². The Balaban J connectivity index is 1.32. The van der Waals surface area contributed by atoms with Gasteiger partial charge in [-0.3, -0.25) is 9.46 Å². The van der Waals surface area contributed by atoms with E-state index in [1.165, 1.54) is 47.4 Å². The zero-order valence-electron chi connectivity index (χ0n) is 24.5. The Morgan fingerprint density at radius 3 is 2.00 bits per heavy atom. The fraction of sp³-hybridized carbons (Fsp3) is 0.139. The van der Waals surface area contributed by atoms with E-state index in [1.54, 1.807) is 24.3 Å². The summed E-state index contributed by atoms with van der Waals surface area (Å²) in [6.07, 6.45) is -1.80. The number of rotatable bonds is 9. The van der Waals surface area contributed by atoms with Crippen molar-refractivity contribution in [2.75, 3.05) is 4.90 Å². The summed E-state index contributed by atoms with van der Waals surface area (Å²) in [6.45, 7) is 0. The van der Waals surface area contributed by atoms with Gasteiger partial charge < -0.3 is 24.7 Å². The lowest BCUT2D eigenvalue weighted by Gasteiger charge is -2.27. The molecule has 5 aromatic carbocycles. The lowest BCUT2D eigenvalue weighted by Crippen LogP contribution is -2.29. The first-order chi connectivity index (χ1) is 22.1. The third-order valence-electron chi connectivity index (χ3n) is 8.20. The van der Waals surface area contributed by atoms with Gasteiger partial charge in [-0.2, -0.15) is 0 Å². The SMILES string of the molecule is O=C1O[C@H](CC[C@H](O)c2ccc(F)cc2)[C@@H](c2ccc(-c3ccc(P(=O)(O)O)cc3)cc2O)N1c1ccc(-c2ccccc2)cc1. The molecule has 1 amide bonds. The number of halogens is 1. The maximum Gasteiger partial charge on any atom is 0.415 e. The van der Waals surface area contributed by atoms with E-state index < -0.39 is 37.8 Å². The predicted molar refractivity (Wildman–Crippen MR) is 173 cm³/mol. The number of benzene rings is 5. The van der Waals surface area contributed by atoms with Gasteiger partial charge in [-0.15, -0.1) is 0 Å². The average Bonchev–Trinajstić information content (AvgIpc) is 3.39. The number of aliphatic hydroxyl groups is 1. The summed E-state index contributed by atoms with van der Waals surface area (Å²) >= 11 is 0. The molecule has 5 aromatic rings. The number of carbonyl (C=O) groups is 1. The summed E-state index contributed by atoms with van der Waals surface area (Å²) in [5.41, 5.74) is 4.74. The van der Waals surface area contributed by atoms with Gasteiger partial charge in [-0.1, -0.05) is 78.9 Å². The first-order valence-electron chi connectivity index (χ1n) is 14.7. The lowest BCUT2D eigenvalue weighted by molar-refractivity contribution is 0.100. The summed E-state index contributed by atoms with van der Waals surface area (Å²) in [6, 6.07) is 32.9. The number of nitrogens with zero attached hydrogens (tertiary/aromatic N) is 1. The molecule has 4 N–H and O–H groups in total. The molecule has 1 saturated heterocycles. The normalized spacial score (nSPS) is 17.1. The molecule has 0 unspecified atom stereocenters. The Bertz CT molecular complexity index is 1880. The molecular formula is C36H31FNO7P. The van der Waals surface area contributed by atoms with Crippen molar-refractivity contribution in [3.63, 3.8) is 0 Å². The number of hydrogen-bond donors (Lipinski definition) is 4. The molecule has 1 fully saturated rings. The van der Waals surface area contributed by atoms with Crippen LogP contribution in [0.4, 0.5) is 14.9 Å². The highest BCUT2D eigenvalue weighted by Crippen LogP contribution is 2.44. The van der Waals surface area contributed by atoms with Crippen molar-refractivity contribution in [1.29, 1.82) is 0 Å². The van der Waals surface area contributed by atoms with E-state index in [0.717, 1.165) is 11.1 Å². The van der Waals surface area contributed by atoms with Gasteiger partial charge in [0.15, 0.2) is 0 Å². The van der Waals surface area contributed by atoms with Gasteiger partial charge in [0.2, 0.25) is 0 Å². The first-order valence-corrected chi connectivity index (χ1v) is 16.3. The van der Waals surface area contributed by atoms with Crippen LogP contribution in [0.15, 0.2) is 121 Å². The minimum absolute atomic E-state index is 0.102. The largest absolute Gasteiger partial charge is 0.508 e. The molecule has 0 aromatic heterocycles. The number of amides is 1. The molecular weight excluding hydrogens is 608 g/mol. The number of carbonyl (C=O) groups excluding carboxylic acids is 1. The number of aliphatic hydroxyl groups excluding tert-OH is 1. The summed E-state index contributed by atoms with van der Waals surface area (Å²) in [4.78, 5) is 33.8. The second kappa shape index (κ2) is 12.9. The molecule has 0 saturated carbocycles. The Morgan fingerprint density at radius 2 is 1.37 bits per heavy atom. The molecule has 1 heterocycles. The minimum atomic E-state index is -4.40. The molecule has 6 rings (SSSR count). The zero-order valence-corrected chi connectivity index (χ0v) is 25.4. The van der Waals surface area contributed by atoms with Gasteiger partial charge in [0.05, 0.1) is 11.4 Å². The quantitative estimate of drug-likeness (QED) is 0.125. The topological polar surface area (TPSA) is 128 Å². The van der Waals surface area contributed by atoms with Crippen molar-refractivity contribution < 1.29 is 38.5 Å². The van der Waals surface area contributed by atoms with Crippen LogP contribution < -0.4 is 10.2 Å². The summed E-state index contributed by atoms with van der Waals surface area (Å²) in [5, 5.41) is 22.1. The van der Waals surface area contributed by atoms with Crippen LogP contribution in [-0.4, -0.2) is 32.2 Å². The number of anilines is 1. The standard InChI is InChI=1S/C36H31FNO7P/c37-28-13-6-26(7-14-28)32(39)20-21-34-35(31-19-12-27(22-33(31)40)25-10-17-30(18-11-25)46(42,43)44)38(36(41)45-34)29-15-8-24(9-16-29)23-4-2-1-3-5-23/h1-19,22,32,34-35,39-40H,20-21H2,(H2,42,43,44)/t32-,34+,35+/m0/s1. The molecule has 0 aliphatic carbocycles. The van der Waals surface area contributed by atoms with Crippen LogP contribution in [0.2, 0.25) is 0 Å². The van der Waals surface area contributed by atoms with E-state index in [-0.39, 0.29) is 23.9 Å². The second-order valence-corrected chi connectivity index (χ2v) is 12.8. The van der Waals surface area contributed by atoms with E-state index in [4.69, 9.17) is 4.74 Å². The predicted octanol–water partition coefficient (Wildman–Crippen LogP) is 7.25. The van der Waals surface area contributed by atoms with E-state index in [0.29, 0.717) is 27.9 Å². The van der Waals surface area contributed by atoms with E-state index in [2.05, 4.69) is 0 Å². The maximum absolute atomic E-state index is 13.4. The molecule has 3 atom stereocenters. The van der Waals surface area contributed by atoms with Crippen molar-refractivity contribution in [2.24, 2.45) is 0 Å². The van der Waals surface area contributed by atoms with Crippen molar-refractivity contribution >= 4 is 24.7 Å².